The van der Waals surface area contributed by atoms with Gasteiger partial charge in [0.15, 0.2) is 0 Å². The quantitative estimate of drug-likeness (QED) is 0.842. The number of piperidine rings is 1. The molecule has 1 amide bonds. The van der Waals surface area contributed by atoms with E-state index in [-0.39, 0.29) is 11.8 Å². The molecule has 1 aliphatic rings. The third-order valence-electron chi connectivity index (χ3n) is 3.36. The molecule has 2 N–H and O–H groups in total. The number of carbonyl (C=O) groups is 1. The van der Waals surface area contributed by atoms with E-state index < -0.39 is 0 Å². The minimum absolute atomic E-state index is 0.0938. The number of nitrogens with one attached hydrogen (secondary N) is 2. The molecule has 0 bridgehead atoms. The van der Waals surface area contributed by atoms with Crippen molar-refractivity contribution in [2.75, 3.05) is 13.1 Å². The molecular formula is C13H22N4O. The minimum atomic E-state index is 0.0938. The molecule has 5 nitrogen and oxygen atoms in total. The summed E-state index contributed by atoms with van der Waals surface area (Å²) in [5, 5.41) is 3.48. The fourth-order valence-corrected chi connectivity index (χ4v) is 2.34. The molecule has 0 radical (unpaired) electrons. The second kappa shape index (κ2) is 6.00. The fourth-order valence-electron chi connectivity index (χ4n) is 2.34. The molecule has 1 atom stereocenters. The second-order valence-corrected chi connectivity index (χ2v) is 5.24. The van der Waals surface area contributed by atoms with Crippen LogP contribution >= 0.6 is 0 Å². The van der Waals surface area contributed by atoms with Gasteiger partial charge in [-0.1, -0.05) is 13.8 Å². The Morgan fingerprint density at radius 2 is 2.50 bits per heavy atom. The number of carbonyl (C=O) groups excluding carboxylic acids is 1. The first-order valence-electron chi connectivity index (χ1n) is 6.66. The van der Waals surface area contributed by atoms with Gasteiger partial charge < -0.3 is 15.2 Å². The number of hydrogen-bond acceptors (Lipinski definition) is 3. The maximum atomic E-state index is 12.0. The Kier molecular flexibility index (Phi) is 4.36. The average molecular weight is 250 g/mol. The van der Waals surface area contributed by atoms with Crippen LogP contribution in [-0.2, 0) is 11.3 Å². The molecule has 1 saturated heterocycles. The van der Waals surface area contributed by atoms with Gasteiger partial charge >= 0.3 is 0 Å². The molecule has 1 aliphatic heterocycles. The Balaban J connectivity index is 1.81. The Labute approximate surface area is 108 Å². The number of likely N-dealkylation sites (tertiary alicyclic amines) is 1. The van der Waals surface area contributed by atoms with Crippen molar-refractivity contribution < 1.29 is 4.79 Å². The average Bonchev–Trinajstić information content (AvgIpc) is 2.89. The molecule has 2 rings (SSSR count). The Bertz CT molecular complexity index is 374. The molecular weight excluding hydrogens is 228 g/mol. The predicted octanol–water partition coefficient (Wildman–Crippen LogP) is 1.15. The molecule has 1 fully saturated rings. The lowest BCUT2D eigenvalue weighted by atomic mass is 10.0. The van der Waals surface area contributed by atoms with Gasteiger partial charge in [-0.15, -0.1) is 0 Å². The van der Waals surface area contributed by atoms with Crippen LogP contribution in [0.15, 0.2) is 12.5 Å². The van der Waals surface area contributed by atoms with Gasteiger partial charge in [0.1, 0.15) is 0 Å². The van der Waals surface area contributed by atoms with Gasteiger partial charge in [0.25, 0.3) is 0 Å². The summed E-state index contributed by atoms with van der Waals surface area (Å²) >= 11 is 0. The largest absolute Gasteiger partial charge is 0.347 e. The number of hydrogen-bond donors (Lipinski definition) is 2. The van der Waals surface area contributed by atoms with Crippen LogP contribution < -0.4 is 5.32 Å². The van der Waals surface area contributed by atoms with Gasteiger partial charge in [-0.3, -0.25) is 4.79 Å². The van der Waals surface area contributed by atoms with Crippen LogP contribution in [0.2, 0.25) is 0 Å². The molecule has 2 heterocycles. The zero-order valence-electron chi connectivity index (χ0n) is 11.1. The lowest BCUT2D eigenvalue weighted by Gasteiger charge is -2.34. The second-order valence-electron chi connectivity index (χ2n) is 5.24. The van der Waals surface area contributed by atoms with Crippen LogP contribution in [0.5, 0.6) is 0 Å². The number of imidazole rings is 1. The van der Waals surface area contributed by atoms with Crippen molar-refractivity contribution in [3.05, 3.63) is 18.2 Å². The van der Waals surface area contributed by atoms with Crippen molar-refractivity contribution >= 4 is 5.91 Å². The van der Waals surface area contributed by atoms with Gasteiger partial charge in [-0.25, -0.2) is 4.98 Å². The van der Waals surface area contributed by atoms with E-state index in [1.165, 1.54) is 0 Å². The lowest BCUT2D eigenvalue weighted by molar-refractivity contribution is -0.135. The van der Waals surface area contributed by atoms with Crippen LogP contribution in [0.4, 0.5) is 0 Å². The maximum Gasteiger partial charge on any atom is 0.225 e. The normalized spacial score (nSPS) is 20.4. The summed E-state index contributed by atoms with van der Waals surface area (Å²) in [4.78, 5) is 21.0. The number of aromatic nitrogens is 2. The first kappa shape index (κ1) is 13.1. The van der Waals surface area contributed by atoms with Crippen molar-refractivity contribution in [3.8, 4) is 0 Å². The monoisotopic (exact) mass is 250 g/mol. The van der Waals surface area contributed by atoms with Gasteiger partial charge in [-0.2, -0.15) is 0 Å². The highest BCUT2D eigenvalue weighted by atomic mass is 16.2. The summed E-state index contributed by atoms with van der Waals surface area (Å²) in [6, 6.07) is 0.393. The van der Waals surface area contributed by atoms with E-state index in [9.17, 15) is 4.79 Å². The molecule has 1 aromatic rings. The first-order valence-corrected chi connectivity index (χ1v) is 6.66. The highest BCUT2D eigenvalue weighted by molar-refractivity contribution is 5.78. The Morgan fingerprint density at radius 3 is 3.17 bits per heavy atom. The van der Waals surface area contributed by atoms with Crippen LogP contribution in [-0.4, -0.2) is 39.9 Å². The summed E-state index contributed by atoms with van der Waals surface area (Å²) in [6.45, 7) is 6.44. The predicted molar refractivity (Wildman–Crippen MR) is 69.9 cm³/mol. The first-order chi connectivity index (χ1) is 8.66. The summed E-state index contributed by atoms with van der Waals surface area (Å²) in [6.07, 6.45) is 5.73. The zero-order valence-corrected chi connectivity index (χ0v) is 11.1. The molecule has 0 spiro atoms. The van der Waals surface area contributed by atoms with Gasteiger partial charge in [0.2, 0.25) is 5.91 Å². The molecule has 1 unspecified atom stereocenters. The lowest BCUT2D eigenvalue weighted by Crippen LogP contribution is -2.48. The van der Waals surface area contributed by atoms with Crippen molar-refractivity contribution in [2.45, 2.75) is 39.3 Å². The third kappa shape index (κ3) is 3.32. The van der Waals surface area contributed by atoms with E-state index in [1.807, 2.05) is 24.9 Å². The van der Waals surface area contributed by atoms with E-state index in [1.54, 1.807) is 6.33 Å². The van der Waals surface area contributed by atoms with E-state index in [4.69, 9.17) is 0 Å². The van der Waals surface area contributed by atoms with Crippen molar-refractivity contribution in [2.24, 2.45) is 5.92 Å². The topological polar surface area (TPSA) is 61.0 Å². The van der Waals surface area contributed by atoms with Crippen LogP contribution in [0.1, 0.15) is 32.4 Å². The van der Waals surface area contributed by atoms with Crippen molar-refractivity contribution in [3.63, 3.8) is 0 Å². The molecule has 1 aromatic heterocycles. The van der Waals surface area contributed by atoms with E-state index in [0.717, 1.165) is 38.2 Å². The van der Waals surface area contributed by atoms with Gasteiger partial charge in [-0.05, 0) is 12.8 Å². The standard InChI is InChI=1S/C13H22N4O/c1-10(2)13(18)17-5-3-4-11(8-17)15-7-12-6-14-9-16-12/h6,9-11,15H,3-5,7-8H2,1-2H3,(H,14,16). The Morgan fingerprint density at radius 1 is 1.67 bits per heavy atom. The zero-order chi connectivity index (χ0) is 13.0. The van der Waals surface area contributed by atoms with E-state index in [2.05, 4.69) is 15.3 Å². The van der Waals surface area contributed by atoms with Gasteiger partial charge in [0.05, 0.1) is 6.33 Å². The molecule has 0 saturated carbocycles. The fraction of sp³-hybridized carbons (Fsp3) is 0.692. The third-order valence-corrected chi connectivity index (χ3v) is 3.36. The highest BCUT2D eigenvalue weighted by Gasteiger charge is 2.24. The minimum Gasteiger partial charge on any atom is -0.347 e. The number of H-pyrrole nitrogens is 1. The number of nitrogens with zero attached hydrogens (tertiary/aromatic N) is 2. The number of aromatic amines is 1. The molecule has 100 valence electrons. The molecule has 18 heavy (non-hydrogen) atoms. The smallest absolute Gasteiger partial charge is 0.225 e. The van der Waals surface area contributed by atoms with E-state index in [0.29, 0.717) is 6.04 Å². The SMILES string of the molecule is CC(C)C(=O)N1CCCC(NCc2cnc[nH]2)C1. The van der Waals surface area contributed by atoms with E-state index >= 15 is 0 Å². The van der Waals surface area contributed by atoms with Gasteiger partial charge in [0, 0.05) is 43.5 Å². The summed E-state index contributed by atoms with van der Waals surface area (Å²) in [7, 11) is 0. The summed E-state index contributed by atoms with van der Waals surface area (Å²) in [5.41, 5.74) is 1.09. The molecule has 0 aromatic carbocycles. The van der Waals surface area contributed by atoms with Crippen LogP contribution in [0.3, 0.4) is 0 Å². The number of rotatable bonds is 4. The number of amides is 1. The molecule has 5 heteroatoms. The summed E-state index contributed by atoms with van der Waals surface area (Å²) in [5.74, 6) is 0.361. The van der Waals surface area contributed by atoms with Crippen LogP contribution in [0, 0.1) is 5.92 Å². The van der Waals surface area contributed by atoms with Crippen LogP contribution in [0.25, 0.3) is 0 Å². The van der Waals surface area contributed by atoms with Crippen molar-refractivity contribution in [1.82, 2.24) is 20.2 Å². The molecule has 0 aliphatic carbocycles. The summed E-state index contributed by atoms with van der Waals surface area (Å²) < 4.78 is 0. The van der Waals surface area contributed by atoms with Crippen molar-refractivity contribution in [1.29, 1.82) is 0 Å². The highest BCUT2D eigenvalue weighted by Crippen LogP contribution is 2.13. The maximum absolute atomic E-state index is 12.0. The Hall–Kier alpha value is -1.36.